The summed E-state index contributed by atoms with van der Waals surface area (Å²) >= 11 is 1.34. The van der Waals surface area contributed by atoms with Crippen LogP contribution in [0.2, 0.25) is 0 Å². The lowest BCUT2D eigenvalue weighted by atomic mass is 10.1. The smallest absolute Gasteiger partial charge is 0.234 e. The minimum Gasteiger partial charge on any atom is -0.325 e. The minimum atomic E-state index is -0.164. The molecule has 0 saturated heterocycles. The highest BCUT2D eigenvalue weighted by Gasteiger charge is 2.13. The van der Waals surface area contributed by atoms with Crippen molar-refractivity contribution in [3.05, 3.63) is 84.4 Å². The molecule has 0 bridgehead atoms. The van der Waals surface area contributed by atoms with Gasteiger partial charge < -0.3 is 5.32 Å². The zero-order valence-corrected chi connectivity index (χ0v) is 16.2. The number of carbonyl (C=O) groups is 1. The molecule has 1 N–H and O–H groups in total. The van der Waals surface area contributed by atoms with E-state index in [4.69, 9.17) is 5.26 Å². The Bertz CT molecular complexity index is 1220. The average molecular weight is 396 g/mol. The molecule has 6 heteroatoms. The van der Waals surface area contributed by atoms with Gasteiger partial charge in [0.1, 0.15) is 10.7 Å². The van der Waals surface area contributed by atoms with Gasteiger partial charge in [-0.25, -0.2) is 0 Å². The Labute approximate surface area is 172 Å². The number of aromatic nitrogens is 2. The predicted molar refractivity (Wildman–Crippen MR) is 115 cm³/mol. The van der Waals surface area contributed by atoms with Crippen molar-refractivity contribution in [2.75, 3.05) is 11.1 Å². The number of hydrogen-bond donors (Lipinski definition) is 1. The molecule has 140 valence electrons. The zero-order valence-electron chi connectivity index (χ0n) is 15.4. The quantitative estimate of drug-likeness (QED) is 0.486. The molecule has 0 aliphatic heterocycles. The normalized spacial score (nSPS) is 10.4. The summed E-state index contributed by atoms with van der Waals surface area (Å²) in [5, 5.41) is 23.3. The maximum Gasteiger partial charge on any atom is 0.234 e. The van der Waals surface area contributed by atoms with Crippen LogP contribution in [0.25, 0.3) is 22.0 Å². The van der Waals surface area contributed by atoms with Crippen molar-refractivity contribution in [1.82, 2.24) is 10.2 Å². The molecule has 4 aromatic rings. The molecule has 29 heavy (non-hydrogen) atoms. The first-order valence-electron chi connectivity index (χ1n) is 8.98. The van der Waals surface area contributed by atoms with Crippen LogP contribution in [-0.2, 0) is 4.79 Å². The zero-order chi connectivity index (χ0) is 20.1. The molecule has 1 heterocycles. The molecule has 1 amide bonds. The van der Waals surface area contributed by atoms with Gasteiger partial charge in [-0.1, -0.05) is 72.4 Å². The molecule has 0 fully saturated rings. The molecule has 0 saturated carbocycles. The first-order valence-corrected chi connectivity index (χ1v) is 9.97. The number of nitriles is 1. The Morgan fingerprint density at radius 2 is 1.69 bits per heavy atom. The van der Waals surface area contributed by atoms with Crippen molar-refractivity contribution in [3.63, 3.8) is 0 Å². The fourth-order valence-corrected chi connectivity index (χ4v) is 3.76. The van der Waals surface area contributed by atoms with E-state index in [0.29, 0.717) is 16.3 Å². The van der Waals surface area contributed by atoms with Gasteiger partial charge in [-0.15, -0.1) is 10.2 Å². The first kappa shape index (κ1) is 18.7. The maximum atomic E-state index is 12.3. The Kier molecular flexibility index (Phi) is 5.50. The molecular weight excluding hydrogens is 380 g/mol. The molecule has 0 aliphatic carbocycles. The van der Waals surface area contributed by atoms with Gasteiger partial charge in [0.15, 0.2) is 0 Å². The molecule has 1 aromatic heterocycles. The monoisotopic (exact) mass is 396 g/mol. The Hall–Kier alpha value is -3.69. The summed E-state index contributed by atoms with van der Waals surface area (Å²) in [7, 11) is 0. The molecule has 0 aliphatic rings. The number of amides is 1. The van der Waals surface area contributed by atoms with E-state index in [0.717, 1.165) is 22.0 Å². The van der Waals surface area contributed by atoms with E-state index in [-0.39, 0.29) is 11.7 Å². The van der Waals surface area contributed by atoms with Crippen LogP contribution in [-0.4, -0.2) is 21.9 Å². The molecule has 0 unspecified atom stereocenters. The average Bonchev–Trinajstić information content (AvgIpc) is 2.78. The molecule has 0 radical (unpaired) electrons. The first-order chi connectivity index (χ1) is 14.2. The van der Waals surface area contributed by atoms with E-state index in [2.05, 4.69) is 21.6 Å². The number of benzene rings is 3. The van der Waals surface area contributed by atoms with Gasteiger partial charge in [0, 0.05) is 22.0 Å². The third kappa shape index (κ3) is 4.26. The van der Waals surface area contributed by atoms with Crippen LogP contribution in [0.1, 0.15) is 5.56 Å². The predicted octanol–water partition coefficient (Wildman–Crippen LogP) is 4.90. The van der Waals surface area contributed by atoms with Gasteiger partial charge in [-0.2, -0.15) is 5.26 Å². The van der Waals surface area contributed by atoms with Gasteiger partial charge in [0.05, 0.1) is 17.4 Å². The number of anilines is 1. The summed E-state index contributed by atoms with van der Waals surface area (Å²) < 4.78 is 0. The second kappa shape index (κ2) is 8.55. The largest absolute Gasteiger partial charge is 0.325 e. The van der Waals surface area contributed by atoms with Crippen molar-refractivity contribution < 1.29 is 4.79 Å². The van der Waals surface area contributed by atoms with Gasteiger partial charge >= 0.3 is 0 Å². The number of hydrogen-bond acceptors (Lipinski definition) is 5. The molecule has 3 aromatic carbocycles. The maximum absolute atomic E-state index is 12.3. The van der Waals surface area contributed by atoms with Crippen molar-refractivity contribution in [3.8, 4) is 17.3 Å². The van der Waals surface area contributed by atoms with Gasteiger partial charge in [0.25, 0.3) is 0 Å². The second-order valence-electron chi connectivity index (χ2n) is 6.29. The van der Waals surface area contributed by atoms with Crippen molar-refractivity contribution >= 4 is 34.1 Å². The Morgan fingerprint density at radius 1 is 0.931 bits per heavy atom. The van der Waals surface area contributed by atoms with Crippen molar-refractivity contribution in [2.45, 2.75) is 5.03 Å². The molecular formula is C23H16N4OS. The molecule has 5 nitrogen and oxygen atoms in total. The van der Waals surface area contributed by atoms with Crippen LogP contribution in [0, 0.1) is 11.3 Å². The highest BCUT2D eigenvalue weighted by molar-refractivity contribution is 8.00. The lowest BCUT2D eigenvalue weighted by molar-refractivity contribution is -0.113. The highest BCUT2D eigenvalue weighted by Crippen LogP contribution is 2.31. The van der Waals surface area contributed by atoms with E-state index in [1.807, 2.05) is 54.6 Å². The third-order valence-corrected chi connectivity index (χ3v) is 5.30. The highest BCUT2D eigenvalue weighted by atomic mass is 32.2. The summed E-state index contributed by atoms with van der Waals surface area (Å²) in [5.74, 6) is 0.0308. The molecule has 0 atom stereocenters. The van der Waals surface area contributed by atoms with Gasteiger partial charge in [-0.3, -0.25) is 4.79 Å². The van der Waals surface area contributed by atoms with Crippen molar-refractivity contribution in [1.29, 1.82) is 5.26 Å². The second-order valence-corrected chi connectivity index (χ2v) is 7.26. The number of nitrogens with zero attached hydrogens (tertiary/aromatic N) is 3. The van der Waals surface area contributed by atoms with Crippen molar-refractivity contribution in [2.24, 2.45) is 0 Å². The summed E-state index contributed by atoms with van der Waals surface area (Å²) in [4.78, 5) is 12.3. The Morgan fingerprint density at radius 3 is 2.48 bits per heavy atom. The van der Waals surface area contributed by atoms with E-state index < -0.39 is 0 Å². The summed E-state index contributed by atoms with van der Waals surface area (Å²) in [6.07, 6.45) is 0. The summed E-state index contributed by atoms with van der Waals surface area (Å²) in [6.45, 7) is 0. The fraction of sp³-hybridized carbons (Fsp3) is 0.0435. The van der Waals surface area contributed by atoms with Crippen LogP contribution >= 0.6 is 11.8 Å². The number of thioether (sulfide) groups is 1. The van der Waals surface area contributed by atoms with Gasteiger partial charge in [-0.05, 0) is 18.2 Å². The summed E-state index contributed by atoms with van der Waals surface area (Å²) in [6, 6.07) is 26.8. The van der Waals surface area contributed by atoms with Gasteiger partial charge in [0.2, 0.25) is 5.91 Å². The Balaban J connectivity index is 1.54. The van der Waals surface area contributed by atoms with E-state index in [1.165, 1.54) is 11.8 Å². The number of carbonyl (C=O) groups excluding carboxylic acids is 1. The lowest BCUT2D eigenvalue weighted by Gasteiger charge is -2.09. The number of nitrogens with one attached hydrogen (secondary N) is 1. The van der Waals surface area contributed by atoms with Crippen LogP contribution in [0.15, 0.2) is 83.9 Å². The molecule has 4 rings (SSSR count). The van der Waals surface area contributed by atoms with Crippen LogP contribution in [0.4, 0.5) is 5.69 Å². The molecule has 0 spiro atoms. The van der Waals surface area contributed by atoms with Crippen LogP contribution in [0.3, 0.4) is 0 Å². The fourth-order valence-electron chi connectivity index (χ4n) is 2.99. The van der Waals surface area contributed by atoms with E-state index in [1.54, 1.807) is 24.3 Å². The lowest BCUT2D eigenvalue weighted by Crippen LogP contribution is -2.14. The SMILES string of the molecule is N#Cc1cccc(NC(=O)CSc2nnc(-c3ccccc3)c3ccccc23)c1. The number of rotatable bonds is 5. The minimum absolute atomic E-state index is 0.164. The third-order valence-electron chi connectivity index (χ3n) is 4.32. The summed E-state index contributed by atoms with van der Waals surface area (Å²) in [5.41, 5.74) is 2.93. The van der Waals surface area contributed by atoms with Crippen LogP contribution in [0.5, 0.6) is 0 Å². The standard InChI is InChI=1S/C23H16N4OS/c24-14-16-7-6-10-18(13-16)25-21(28)15-29-23-20-12-5-4-11-19(20)22(26-27-23)17-8-2-1-3-9-17/h1-13H,15H2,(H,25,28). The van der Waals surface area contributed by atoms with E-state index in [9.17, 15) is 4.79 Å². The van der Waals surface area contributed by atoms with E-state index >= 15 is 0 Å². The topological polar surface area (TPSA) is 78.7 Å². The van der Waals surface area contributed by atoms with Crippen LogP contribution < -0.4 is 5.32 Å². The number of fused-ring (bicyclic) bond motifs is 1.